The molecule has 6 heteroatoms. The molecule has 0 aliphatic heterocycles. The Hall–Kier alpha value is -2.01. The summed E-state index contributed by atoms with van der Waals surface area (Å²) in [5.74, 6) is 0.417. The number of aromatic hydroxyl groups is 1. The van der Waals surface area contributed by atoms with Crippen molar-refractivity contribution in [1.29, 1.82) is 0 Å². The molecule has 2 rings (SSSR count). The van der Waals surface area contributed by atoms with Crippen LogP contribution >= 0.6 is 11.6 Å². The molecule has 1 aromatic carbocycles. The molecule has 1 amide bonds. The van der Waals surface area contributed by atoms with E-state index in [4.69, 9.17) is 11.6 Å². The SMILES string of the molecule is Cn1cc(Cl)c(NC(=O)C(C)(C)Cc2ccc(O)cc2)n1. The highest BCUT2D eigenvalue weighted by molar-refractivity contribution is 6.33. The Kier molecular flexibility index (Phi) is 4.23. The monoisotopic (exact) mass is 307 g/mol. The van der Waals surface area contributed by atoms with E-state index in [1.807, 2.05) is 13.8 Å². The van der Waals surface area contributed by atoms with E-state index in [1.54, 1.807) is 42.2 Å². The minimum absolute atomic E-state index is 0.156. The number of benzene rings is 1. The number of anilines is 1. The van der Waals surface area contributed by atoms with Gasteiger partial charge in [-0.2, -0.15) is 5.10 Å². The smallest absolute Gasteiger partial charge is 0.231 e. The van der Waals surface area contributed by atoms with Crippen LogP contribution in [0.1, 0.15) is 19.4 Å². The molecule has 0 fully saturated rings. The summed E-state index contributed by atoms with van der Waals surface area (Å²) in [6.07, 6.45) is 2.17. The lowest BCUT2D eigenvalue weighted by Gasteiger charge is -2.23. The largest absolute Gasteiger partial charge is 0.508 e. The van der Waals surface area contributed by atoms with Gasteiger partial charge in [0.2, 0.25) is 5.91 Å². The van der Waals surface area contributed by atoms with Gasteiger partial charge in [-0.1, -0.05) is 37.6 Å². The zero-order valence-electron chi connectivity index (χ0n) is 12.2. The van der Waals surface area contributed by atoms with Crippen LogP contribution in [0.4, 0.5) is 5.82 Å². The Balaban J connectivity index is 2.09. The number of nitrogens with zero attached hydrogens (tertiary/aromatic N) is 2. The molecule has 2 N–H and O–H groups in total. The van der Waals surface area contributed by atoms with Crippen LogP contribution in [0.3, 0.4) is 0 Å². The van der Waals surface area contributed by atoms with Crippen LogP contribution < -0.4 is 5.32 Å². The van der Waals surface area contributed by atoms with Crippen LogP contribution in [0, 0.1) is 5.41 Å². The van der Waals surface area contributed by atoms with Crippen molar-refractivity contribution in [3.63, 3.8) is 0 Å². The summed E-state index contributed by atoms with van der Waals surface area (Å²) in [5, 5.41) is 16.5. The molecule has 0 radical (unpaired) electrons. The summed E-state index contributed by atoms with van der Waals surface area (Å²) in [6, 6.07) is 6.83. The van der Waals surface area contributed by atoms with Gasteiger partial charge in [0.1, 0.15) is 10.8 Å². The standard InChI is InChI=1S/C15H18ClN3O2/c1-15(2,8-10-4-6-11(20)7-5-10)14(21)17-13-12(16)9-19(3)18-13/h4-7,9,20H,8H2,1-3H3,(H,17,18,21). The van der Waals surface area contributed by atoms with Crippen LogP contribution in [0.5, 0.6) is 5.75 Å². The Morgan fingerprint density at radius 1 is 1.38 bits per heavy atom. The molecule has 0 atom stereocenters. The number of nitrogens with one attached hydrogen (secondary N) is 1. The van der Waals surface area contributed by atoms with Crippen molar-refractivity contribution < 1.29 is 9.90 Å². The van der Waals surface area contributed by atoms with Gasteiger partial charge in [-0.25, -0.2) is 0 Å². The summed E-state index contributed by atoms with van der Waals surface area (Å²) in [7, 11) is 1.74. The van der Waals surface area contributed by atoms with Gasteiger partial charge in [0.25, 0.3) is 0 Å². The van der Waals surface area contributed by atoms with Gasteiger partial charge in [-0.15, -0.1) is 0 Å². The summed E-state index contributed by atoms with van der Waals surface area (Å²) in [6.45, 7) is 3.71. The molecule has 1 heterocycles. The number of phenolic OH excluding ortho intramolecular Hbond substituents is 1. The first-order chi connectivity index (χ1) is 9.78. The zero-order valence-corrected chi connectivity index (χ0v) is 13.0. The maximum atomic E-state index is 12.4. The molecule has 0 saturated carbocycles. The zero-order chi connectivity index (χ0) is 15.6. The fourth-order valence-corrected chi connectivity index (χ4v) is 2.25. The van der Waals surface area contributed by atoms with E-state index in [0.717, 1.165) is 5.56 Å². The molecule has 2 aromatic rings. The summed E-state index contributed by atoms with van der Waals surface area (Å²) in [5.41, 5.74) is 0.345. The van der Waals surface area contributed by atoms with E-state index in [0.29, 0.717) is 17.3 Å². The van der Waals surface area contributed by atoms with Gasteiger partial charge < -0.3 is 10.4 Å². The van der Waals surface area contributed by atoms with E-state index in [9.17, 15) is 9.90 Å². The summed E-state index contributed by atoms with van der Waals surface area (Å²) >= 11 is 5.99. The van der Waals surface area contributed by atoms with Crippen LogP contribution in [-0.4, -0.2) is 20.8 Å². The summed E-state index contributed by atoms with van der Waals surface area (Å²) < 4.78 is 1.55. The molecule has 5 nitrogen and oxygen atoms in total. The first-order valence-corrected chi connectivity index (χ1v) is 6.94. The molecule has 1 aromatic heterocycles. The highest BCUT2D eigenvalue weighted by Crippen LogP contribution is 2.26. The average Bonchev–Trinajstić information content (AvgIpc) is 2.70. The highest BCUT2D eigenvalue weighted by Gasteiger charge is 2.29. The lowest BCUT2D eigenvalue weighted by atomic mass is 9.85. The molecule has 0 aliphatic rings. The average molecular weight is 308 g/mol. The number of rotatable bonds is 4. The second-order valence-corrected chi connectivity index (χ2v) is 6.09. The van der Waals surface area contributed by atoms with E-state index in [-0.39, 0.29) is 11.7 Å². The van der Waals surface area contributed by atoms with E-state index in [2.05, 4.69) is 10.4 Å². The number of hydrogen-bond donors (Lipinski definition) is 2. The van der Waals surface area contributed by atoms with Crippen molar-refractivity contribution in [2.75, 3.05) is 5.32 Å². The molecule has 0 bridgehead atoms. The normalized spacial score (nSPS) is 11.4. The minimum atomic E-state index is -0.627. The van der Waals surface area contributed by atoms with Crippen LogP contribution in [0.15, 0.2) is 30.5 Å². The van der Waals surface area contributed by atoms with Crippen molar-refractivity contribution in [3.05, 3.63) is 41.0 Å². The second-order valence-electron chi connectivity index (χ2n) is 5.68. The molecular formula is C15H18ClN3O2. The number of phenols is 1. The third kappa shape index (κ3) is 3.76. The first kappa shape index (κ1) is 15.4. The lowest BCUT2D eigenvalue weighted by Crippen LogP contribution is -2.33. The van der Waals surface area contributed by atoms with Crippen LogP contribution in [-0.2, 0) is 18.3 Å². The number of halogens is 1. The lowest BCUT2D eigenvalue weighted by molar-refractivity contribution is -0.123. The molecular weight excluding hydrogens is 290 g/mol. The first-order valence-electron chi connectivity index (χ1n) is 6.56. The third-order valence-corrected chi connectivity index (χ3v) is 3.49. The predicted octanol–water partition coefficient (Wildman–Crippen LogP) is 2.99. The van der Waals surface area contributed by atoms with Crippen molar-refractivity contribution in [2.24, 2.45) is 12.5 Å². The Morgan fingerprint density at radius 2 is 2.00 bits per heavy atom. The number of aryl methyl sites for hydroxylation is 1. The Morgan fingerprint density at radius 3 is 2.52 bits per heavy atom. The summed E-state index contributed by atoms with van der Waals surface area (Å²) in [4.78, 5) is 12.4. The number of carbonyl (C=O) groups is 1. The topological polar surface area (TPSA) is 67.2 Å². The van der Waals surface area contributed by atoms with Crippen molar-refractivity contribution in [1.82, 2.24) is 9.78 Å². The quantitative estimate of drug-likeness (QED) is 0.912. The molecule has 0 unspecified atom stereocenters. The van der Waals surface area contributed by atoms with Gasteiger partial charge in [-0.05, 0) is 24.1 Å². The Bertz CT molecular complexity index is 647. The van der Waals surface area contributed by atoms with Crippen molar-refractivity contribution >= 4 is 23.3 Å². The minimum Gasteiger partial charge on any atom is -0.508 e. The van der Waals surface area contributed by atoms with Crippen LogP contribution in [0.2, 0.25) is 5.02 Å². The van der Waals surface area contributed by atoms with Crippen molar-refractivity contribution in [3.8, 4) is 5.75 Å². The van der Waals surface area contributed by atoms with Gasteiger partial charge in [0.15, 0.2) is 5.82 Å². The molecule has 112 valence electrons. The maximum absolute atomic E-state index is 12.4. The maximum Gasteiger partial charge on any atom is 0.231 e. The van der Waals surface area contributed by atoms with Gasteiger partial charge in [0, 0.05) is 18.7 Å². The van der Waals surface area contributed by atoms with E-state index >= 15 is 0 Å². The molecule has 21 heavy (non-hydrogen) atoms. The third-order valence-electron chi connectivity index (χ3n) is 3.21. The number of amides is 1. The molecule has 0 saturated heterocycles. The fraction of sp³-hybridized carbons (Fsp3) is 0.333. The van der Waals surface area contributed by atoms with E-state index in [1.165, 1.54) is 0 Å². The number of carbonyl (C=O) groups excluding carboxylic acids is 1. The molecule has 0 spiro atoms. The van der Waals surface area contributed by atoms with Gasteiger partial charge >= 0.3 is 0 Å². The van der Waals surface area contributed by atoms with Gasteiger partial charge in [0.05, 0.1) is 0 Å². The fourth-order valence-electron chi connectivity index (χ4n) is 2.03. The Labute approximate surface area is 128 Å². The van der Waals surface area contributed by atoms with Crippen molar-refractivity contribution in [2.45, 2.75) is 20.3 Å². The molecule has 0 aliphatic carbocycles. The van der Waals surface area contributed by atoms with E-state index < -0.39 is 5.41 Å². The number of hydrogen-bond acceptors (Lipinski definition) is 3. The van der Waals surface area contributed by atoms with Gasteiger partial charge in [-0.3, -0.25) is 9.48 Å². The highest BCUT2D eigenvalue weighted by atomic mass is 35.5. The number of aromatic nitrogens is 2. The van der Waals surface area contributed by atoms with Crippen LogP contribution in [0.25, 0.3) is 0 Å². The predicted molar refractivity (Wildman–Crippen MR) is 82.4 cm³/mol. The second kappa shape index (κ2) is 5.77.